The zero-order valence-corrected chi connectivity index (χ0v) is 17.2. The van der Waals surface area contributed by atoms with Gasteiger partial charge in [-0.05, 0) is 32.9 Å². The van der Waals surface area contributed by atoms with Crippen molar-refractivity contribution in [2.45, 2.75) is 39.8 Å². The van der Waals surface area contributed by atoms with Gasteiger partial charge in [-0.15, -0.1) is 5.10 Å². The van der Waals surface area contributed by atoms with Gasteiger partial charge in [-0.3, -0.25) is 4.68 Å². The molecule has 152 valence electrons. The number of nitrogens with two attached hydrogens (primary N) is 1. The zero-order chi connectivity index (χ0) is 20.8. The average Bonchev–Trinajstić information content (AvgIpc) is 3.36. The van der Waals surface area contributed by atoms with Crippen LogP contribution in [0, 0.1) is 6.92 Å². The lowest BCUT2D eigenvalue weighted by Gasteiger charge is -2.22. The molecule has 2 bridgehead atoms. The predicted molar refractivity (Wildman–Crippen MR) is 113 cm³/mol. The minimum Gasteiger partial charge on any atom is -0.482 e. The van der Waals surface area contributed by atoms with Crippen molar-refractivity contribution in [1.29, 1.82) is 0 Å². The van der Waals surface area contributed by atoms with Crippen LogP contribution in [-0.2, 0) is 13.0 Å². The van der Waals surface area contributed by atoms with Gasteiger partial charge in [-0.1, -0.05) is 22.9 Å². The second-order valence-corrected chi connectivity index (χ2v) is 7.58. The summed E-state index contributed by atoms with van der Waals surface area (Å²) < 4.78 is 10.2. The van der Waals surface area contributed by atoms with Crippen LogP contribution in [0.25, 0.3) is 16.9 Å². The molecule has 1 aliphatic rings. The molecule has 8 heteroatoms. The molecular formula is C22H23N7O. The summed E-state index contributed by atoms with van der Waals surface area (Å²) in [6, 6.07) is 8.20. The second kappa shape index (κ2) is 6.98. The summed E-state index contributed by atoms with van der Waals surface area (Å²) in [5.41, 5.74) is 13.2. The predicted octanol–water partition coefficient (Wildman–Crippen LogP) is 3.48. The van der Waals surface area contributed by atoms with E-state index in [9.17, 15) is 0 Å². The number of aromatic nitrogens is 6. The first kappa shape index (κ1) is 18.4. The molecule has 0 saturated heterocycles. The number of nitrogen functional groups attached to an aromatic ring is 1. The molecular weight excluding hydrogens is 378 g/mol. The normalized spacial score (nSPS) is 15.2. The van der Waals surface area contributed by atoms with E-state index < -0.39 is 0 Å². The molecule has 8 nitrogen and oxygen atoms in total. The molecule has 1 aromatic carbocycles. The summed E-state index contributed by atoms with van der Waals surface area (Å²) in [5, 5.41) is 13.2. The first-order chi connectivity index (χ1) is 14.5. The Hall–Kier alpha value is -3.68. The molecule has 0 fully saturated rings. The molecule has 2 N–H and O–H groups in total. The highest BCUT2D eigenvalue weighted by Crippen LogP contribution is 2.35. The highest BCUT2D eigenvalue weighted by Gasteiger charge is 2.22. The van der Waals surface area contributed by atoms with Crippen molar-refractivity contribution < 1.29 is 4.74 Å². The molecule has 4 heterocycles. The number of pyridine rings is 1. The minimum absolute atomic E-state index is 0.258. The van der Waals surface area contributed by atoms with Crippen molar-refractivity contribution in [3.8, 4) is 22.7 Å². The number of nitrogens with zero attached hydrogens (tertiary/aromatic N) is 6. The molecule has 0 aliphatic carbocycles. The van der Waals surface area contributed by atoms with E-state index in [0.29, 0.717) is 18.0 Å². The van der Waals surface area contributed by atoms with Crippen LogP contribution in [0.5, 0.6) is 5.75 Å². The maximum absolute atomic E-state index is 6.32. The van der Waals surface area contributed by atoms with Crippen LogP contribution >= 0.6 is 0 Å². The molecule has 0 amide bonds. The smallest absolute Gasteiger partial charge is 0.166 e. The number of fused-ring (bicyclic) bond motifs is 7. The summed E-state index contributed by atoms with van der Waals surface area (Å²) in [6.45, 7) is 6.88. The number of aryl methyl sites for hydroxylation is 2. The van der Waals surface area contributed by atoms with Gasteiger partial charge < -0.3 is 10.5 Å². The van der Waals surface area contributed by atoms with Crippen molar-refractivity contribution in [2.24, 2.45) is 0 Å². The van der Waals surface area contributed by atoms with E-state index in [1.165, 1.54) is 0 Å². The van der Waals surface area contributed by atoms with E-state index in [1.54, 1.807) is 12.4 Å². The van der Waals surface area contributed by atoms with Gasteiger partial charge in [-0.25, -0.2) is 9.67 Å². The van der Waals surface area contributed by atoms with Crippen LogP contribution in [-0.4, -0.2) is 29.8 Å². The van der Waals surface area contributed by atoms with E-state index in [1.807, 2.05) is 28.6 Å². The third kappa shape index (κ3) is 2.92. The topological polar surface area (TPSA) is 96.7 Å². The van der Waals surface area contributed by atoms with Gasteiger partial charge in [0.2, 0.25) is 0 Å². The lowest BCUT2D eigenvalue weighted by molar-refractivity contribution is 0.227. The number of ether oxygens (including phenoxy) is 1. The fourth-order valence-electron chi connectivity index (χ4n) is 4.03. The first-order valence-electron chi connectivity index (χ1n) is 10.0. The number of benzene rings is 1. The van der Waals surface area contributed by atoms with Crippen molar-refractivity contribution in [3.63, 3.8) is 0 Å². The Bertz CT molecular complexity index is 1240. The van der Waals surface area contributed by atoms with E-state index in [4.69, 9.17) is 10.5 Å². The van der Waals surface area contributed by atoms with Gasteiger partial charge in [0.1, 0.15) is 6.10 Å². The molecule has 3 aromatic heterocycles. The summed E-state index contributed by atoms with van der Waals surface area (Å²) in [6.07, 6.45) is 5.87. The first-order valence-corrected chi connectivity index (χ1v) is 10.0. The largest absolute Gasteiger partial charge is 0.482 e. The standard InChI is InChI=1S/C22H23N7O/c1-4-28-21-15(11-26-28)8-17-12-25-27-29(17)19-6-5-13(2)7-18(19)14(3)30-20-9-16(21)10-24-22(20)23/h5-7,9-12,14H,4,8H2,1-3H3,(H2,23,24)/t14-/m1/s1. The SMILES string of the molecule is CCn1ncc2c1-c1cnc(N)c(c1)O[C@H](C)c1cc(C)ccc1-n1nncc1C2. The van der Waals surface area contributed by atoms with Crippen molar-refractivity contribution >= 4 is 5.82 Å². The summed E-state index contributed by atoms with van der Waals surface area (Å²) in [7, 11) is 0. The number of hydrogen-bond donors (Lipinski definition) is 1. The Morgan fingerprint density at radius 1 is 1.20 bits per heavy atom. The maximum Gasteiger partial charge on any atom is 0.166 e. The van der Waals surface area contributed by atoms with Crippen LogP contribution in [0.3, 0.4) is 0 Å². The molecule has 30 heavy (non-hydrogen) atoms. The zero-order valence-electron chi connectivity index (χ0n) is 17.2. The van der Waals surface area contributed by atoms with Gasteiger partial charge in [0.25, 0.3) is 0 Å². The van der Waals surface area contributed by atoms with Crippen LogP contribution in [0.4, 0.5) is 5.82 Å². The highest BCUT2D eigenvalue weighted by atomic mass is 16.5. The summed E-state index contributed by atoms with van der Waals surface area (Å²) >= 11 is 0. The highest BCUT2D eigenvalue weighted by molar-refractivity contribution is 5.67. The van der Waals surface area contributed by atoms with Crippen molar-refractivity contribution in [1.82, 2.24) is 29.8 Å². The Morgan fingerprint density at radius 2 is 2.07 bits per heavy atom. The van der Waals surface area contributed by atoms with Gasteiger partial charge in [-0.2, -0.15) is 5.10 Å². The third-order valence-corrected chi connectivity index (χ3v) is 5.51. The molecule has 0 unspecified atom stereocenters. The number of rotatable bonds is 1. The van der Waals surface area contributed by atoms with E-state index in [2.05, 4.69) is 52.4 Å². The van der Waals surface area contributed by atoms with Gasteiger partial charge >= 0.3 is 0 Å². The van der Waals surface area contributed by atoms with Crippen LogP contribution in [0.15, 0.2) is 42.9 Å². The number of anilines is 1. The second-order valence-electron chi connectivity index (χ2n) is 7.58. The Morgan fingerprint density at radius 3 is 2.90 bits per heavy atom. The molecule has 0 radical (unpaired) electrons. The van der Waals surface area contributed by atoms with Gasteiger partial charge in [0.05, 0.1) is 29.5 Å². The molecule has 1 aliphatic heterocycles. The fraction of sp³-hybridized carbons (Fsp3) is 0.273. The monoisotopic (exact) mass is 401 g/mol. The Labute approximate surface area is 174 Å². The Kier molecular flexibility index (Phi) is 4.27. The number of hydrogen-bond acceptors (Lipinski definition) is 6. The molecule has 0 saturated carbocycles. The van der Waals surface area contributed by atoms with Crippen molar-refractivity contribution in [2.75, 3.05) is 5.73 Å². The quantitative estimate of drug-likeness (QED) is 0.524. The summed E-state index contributed by atoms with van der Waals surface area (Å²) in [4.78, 5) is 4.41. The molecule has 0 spiro atoms. The van der Waals surface area contributed by atoms with E-state index in [-0.39, 0.29) is 6.10 Å². The van der Waals surface area contributed by atoms with Crippen molar-refractivity contribution in [3.05, 3.63) is 65.2 Å². The van der Waals surface area contributed by atoms with E-state index >= 15 is 0 Å². The molecule has 4 aromatic rings. The lowest BCUT2D eigenvalue weighted by Crippen LogP contribution is -2.13. The van der Waals surface area contributed by atoms with Crippen LogP contribution in [0.1, 0.15) is 42.3 Å². The molecule has 1 atom stereocenters. The Balaban J connectivity index is 1.79. The maximum atomic E-state index is 6.32. The summed E-state index contributed by atoms with van der Waals surface area (Å²) in [5.74, 6) is 0.920. The van der Waals surface area contributed by atoms with Crippen LogP contribution < -0.4 is 10.5 Å². The van der Waals surface area contributed by atoms with E-state index in [0.717, 1.165) is 45.9 Å². The fourth-order valence-corrected chi connectivity index (χ4v) is 4.03. The lowest BCUT2D eigenvalue weighted by atomic mass is 10.0. The van der Waals surface area contributed by atoms with Gasteiger partial charge in [0.15, 0.2) is 11.6 Å². The minimum atomic E-state index is -0.258. The third-order valence-electron chi connectivity index (χ3n) is 5.51. The average molecular weight is 401 g/mol. The van der Waals surface area contributed by atoms with Crippen LogP contribution in [0.2, 0.25) is 0 Å². The van der Waals surface area contributed by atoms with Gasteiger partial charge in [0, 0.05) is 35.9 Å². The molecule has 5 rings (SSSR count).